The van der Waals surface area contributed by atoms with Gasteiger partial charge in [-0.15, -0.1) is 34.9 Å². The number of hydrogen-bond donors (Lipinski definition) is 6. The van der Waals surface area contributed by atoms with Gasteiger partial charge in [0, 0.05) is 23.9 Å². The van der Waals surface area contributed by atoms with E-state index in [4.69, 9.17) is 27.1 Å². The predicted octanol–water partition coefficient (Wildman–Crippen LogP) is -1.61. The lowest BCUT2D eigenvalue weighted by molar-refractivity contribution is -0.150. The lowest BCUT2D eigenvalue weighted by Gasteiger charge is -2.49. The highest BCUT2D eigenvalue weighted by Gasteiger charge is 2.54. The van der Waals surface area contributed by atoms with Crippen molar-refractivity contribution in [2.24, 2.45) is 21.6 Å². The van der Waals surface area contributed by atoms with Crippen molar-refractivity contribution in [1.82, 2.24) is 20.1 Å². The number of nitrogens with zero attached hydrogens (tertiary/aromatic N) is 5. The number of β-lactam (4-membered cyclic amide) rings is 1. The van der Waals surface area contributed by atoms with Crippen molar-refractivity contribution in [3.8, 4) is 0 Å². The number of carbonyl (C=O) groups is 4. The number of nitrogens with one attached hydrogen (secondary N) is 1. The average Bonchev–Trinajstić information content (AvgIpc) is 3.31. The maximum Gasteiger partial charge on any atom is 0.352 e. The van der Waals surface area contributed by atoms with Crippen LogP contribution in [0.5, 0.6) is 0 Å². The molecule has 3 aliphatic rings. The average molecular weight is 598 g/mol. The highest BCUT2D eigenvalue weighted by Crippen LogP contribution is 2.41. The topological polar surface area (TPSA) is 252 Å². The number of nitrogen functional groups attached to an aromatic ring is 1. The van der Waals surface area contributed by atoms with Crippen molar-refractivity contribution in [2.45, 2.75) is 17.6 Å². The first kappa shape index (κ1) is 28.2. The summed E-state index contributed by atoms with van der Waals surface area (Å²) in [6.07, 6.45) is 1.21. The number of carboxylic acid groups (broad SMARTS) is 2. The Balaban J connectivity index is 1.48. The van der Waals surface area contributed by atoms with Crippen molar-refractivity contribution in [1.29, 1.82) is 0 Å². The second-order valence-corrected chi connectivity index (χ2v) is 11.2. The molecule has 0 saturated carbocycles. The van der Waals surface area contributed by atoms with Gasteiger partial charge in [0.2, 0.25) is 6.61 Å². The quantitative estimate of drug-likeness (QED) is 0.101. The number of aliphatic imine (C=N–C) groups is 1. The molecule has 4 rings (SSSR count). The lowest BCUT2D eigenvalue weighted by Crippen LogP contribution is -2.71. The maximum atomic E-state index is 13.0. The molecule has 0 bridgehead atoms. The van der Waals surface area contributed by atoms with Crippen LogP contribution < -0.4 is 22.5 Å². The molecule has 16 nitrogen and oxygen atoms in total. The number of rotatable bonds is 10. The van der Waals surface area contributed by atoms with Gasteiger partial charge in [0.25, 0.3) is 11.8 Å². The van der Waals surface area contributed by atoms with Gasteiger partial charge in [0.15, 0.2) is 16.8 Å². The molecule has 0 aromatic carbocycles. The van der Waals surface area contributed by atoms with Crippen LogP contribution in [0, 0.1) is 0 Å². The summed E-state index contributed by atoms with van der Waals surface area (Å²) in [4.78, 5) is 64.5. The second-order valence-electron chi connectivity index (χ2n) is 8.16. The minimum absolute atomic E-state index is 0.0250. The van der Waals surface area contributed by atoms with Crippen molar-refractivity contribution in [2.75, 3.05) is 30.9 Å². The standard InChI is InChI=1S/C20H23N9O7S3/c1-28-9(21)2-10(25-19(28)22)37-4-7-5-38-17-13(16(33)29(17)14(7)18(34)35)26-15(32)12(27-36-3-11(30)31)8-6-39-20(23)24-8/h2,6,9,13,17H,3-5,21H2,1H3,(H2,22,25)(H2,23,24)(H,26,32)(H,30,31)(H,34,35)/b27-12-/t9?,13-,17-/m1/s1. The monoisotopic (exact) mass is 597 g/mol. The highest BCUT2D eigenvalue weighted by molar-refractivity contribution is 8.03. The number of thioether (sulfide) groups is 2. The third kappa shape index (κ3) is 5.95. The molecule has 0 aliphatic carbocycles. The molecule has 3 aliphatic heterocycles. The fourth-order valence-electron chi connectivity index (χ4n) is 3.64. The van der Waals surface area contributed by atoms with E-state index in [9.17, 15) is 24.3 Å². The molecule has 1 fully saturated rings. The molecule has 0 spiro atoms. The van der Waals surface area contributed by atoms with E-state index in [0.29, 0.717) is 10.6 Å². The first-order chi connectivity index (χ1) is 18.5. The minimum Gasteiger partial charge on any atom is -0.479 e. The smallest absolute Gasteiger partial charge is 0.352 e. The number of hydrogen-bond acceptors (Lipinski definition) is 15. The molecule has 3 atom stereocenters. The SMILES string of the molecule is CN1C(N)=NC(SCC2=C(C(=O)O)N3C(=O)[C@@H](NC(=O)/C(=N\OCC(=O)O)c4csc(N)n4)[C@H]3SC2)=CC1N. The van der Waals surface area contributed by atoms with Gasteiger partial charge in [-0.05, 0) is 11.6 Å². The molecule has 0 radical (unpaired) electrons. The summed E-state index contributed by atoms with van der Waals surface area (Å²) >= 11 is 3.54. The van der Waals surface area contributed by atoms with Crippen LogP contribution in [-0.4, -0.2) is 103 Å². The zero-order valence-corrected chi connectivity index (χ0v) is 22.6. The van der Waals surface area contributed by atoms with Gasteiger partial charge in [-0.3, -0.25) is 14.5 Å². The highest BCUT2D eigenvalue weighted by atomic mass is 32.2. The summed E-state index contributed by atoms with van der Waals surface area (Å²) in [6, 6.07) is -1.06. The summed E-state index contributed by atoms with van der Waals surface area (Å²) in [7, 11) is 1.69. The van der Waals surface area contributed by atoms with Gasteiger partial charge >= 0.3 is 11.9 Å². The van der Waals surface area contributed by atoms with E-state index >= 15 is 0 Å². The summed E-state index contributed by atoms with van der Waals surface area (Å²) in [5.74, 6) is -3.37. The van der Waals surface area contributed by atoms with Crippen LogP contribution in [0.1, 0.15) is 5.69 Å². The van der Waals surface area contributed by atoms with Gasteiger partial charge in [-0.2, -0.15) is 0 Å². The summed E-state index contributed by atoms with van der Waals surface area (Å²) < 4.78 is 0. The van der Waals surface area contributed by atoms with Gasteiger partial charge < -0.3 is 42.5 Å². The van der Waals surface area contributed by atoms with E-state index in [1.54, 1.807) is 18.0 Å². The van der Waals surface area contributed by atoms with Gasteiger partial charge in [0.05, 0.1) is 5.03 Å². The second kappa shape index (κ2) is 11.5. The molecule has 1 unspecified atom stereocenters. The molecule has 4 heterocycles. The number of likely N-dealkylation sites (N-methyl/N-ethyl adjacent to an activating group) is 1. The third-order valence-electron chi connectivity index (χ3n) is 5.60. The van der Waals surface area contributed by atoms with Crippen LogP contribution in [0.3, 0.4) is 0 Å². The molecule has 39 heavy (non-hydrogen) atoms. The normalized spacial score (nSPS) is 23.0. The molecule has 9 N–H and O–H groups in total. The molecular weight excluding hydrogens is 574 g/mol. The number of carboxylic acids is 2. The fraction of sp³-hybridized carbons (Fsp3) is 0.350. The predicted molar refractivity (Wildman–Crippen MR) is 144 cm³/mol. The Labute approximate surface area is 233 Å². The number of anilines is 1. The van der Waals surface area contributed by atoms with Crippen molar-refractivity contribution in [3.63, 3.8) is 0 Å². The number of nitrogens with two attached hydrogens (primary N) is 3. The first-order valence-corrected chi connectivity index (χ1v) is 13.9. The first-order valence-electron chi connectivity index (χ1n) is 11.0. The van der Waals surface area contributed by atoms with Gasteiger partial charge in [-0.25, -0.2) is 19.6 Å². The van der Waals surface area contributed by atoms with Gasteiger partial charge in [-0.1, -0.05) is 5.16 Å². The summed E-state index contributed by atoms with van der Waals surface area (Å²) in [6.45, 7) is -0.810. The molecular formula is C20H23N9O7S3. The molecule has 1 aromatic heterocycles. The van der Waals surface area contributed by atoms with Crippen LogP contribution >= 0.6 is 34.9 Å². The largest absolute Gasteiger partial charge is 0.479 e. The van der Waals surface area contributed by atoms with E-state index in [2.05, 4.69) is 20.4 Å². The Hall–Kier alpha value is -3.81. The van der Waals surface area contributed by atoms with Gasteiger partial charge in [0.1, 0.15) is 29.0 Å². The van der Waals surface area contributed by atoms with Crippen LogP contribution in [0.25, 0.3) is 0 Å². The van der Waals surface area contributed by atoms with E-state index in [-0.39, 0.29) is 39.7 Å². The number of fused-ring (bicyclic) bond motifs is 1. The number of guanidine groups is 1. The third-order valence-corrected chi connectivity index (χ3v) is 8.63. The molecule has 1 saturated heterocycles. The number of thiazole rings is 1. The number of carbonyl (C=O) groups excluding carboxylic acids is 2. The fourth-order valence-corrected chi connectivity index (χ4v) is 6.62. The molecule has 208 valence electrons. The van der Waals surface area contributed by atoms with E-state index < -0.39 is 47.9 Å². The number of aliphatic carboxylic acids is 2. The van der Waals surface area contributed by atoms with Crippen molar-refractivity contribution >= 4 is 75.4 Å². The molecule has 19 heteroatoms. The zero-order chi connectivity index (χ0) is 28.4. The van der Waals surface area contributed by atoms with E-state index in [1.165, 1.54) is 28.9 Å². The number of oxime groups is 1. The Morgan fingerprint density at radius 3 is 2.69 bits per heavy atom. The van der Waals surface area contributed by atoms with Crippen LogP contribution in [0.4, 0.5) is 5.13 Å². The van der Waals surface area contributed by atoms with Crippen LogP contribution in [0.15, 0.2) is 37.9 Å². The Morgan fingerprint density at radius 2 is 2.08 bits per heavy atom. The lowest BCUT2D eigenvalue weighted by atomic mass is 10.0. The Kier molecular flexibility index (Phi) is 8.33. The molecule has 1 aromatic rings. The van der Waals surface area contributed by atoms with Crippen molar-refractivity contribution in [3.05, 3.63) is 33.4 Å². The Bertz CT molecular complexity index is 1340. The maximum absolute atomic E-state index is 13.0. The number of amides is 2. The van der Waals surface area contributed by atoms with E-state index in [1.807, 2.05) is 0 Å². The summed E-state index contributed by atoms with van der Waals surface area (Å²) in [5, 5.41) is 26.2. The Morgan fingerprint density at radius 1 is 1.33 bits per heavy atom. The number of aromatic nitrogens is 1. The van der Waals surface area contributed by atoms with E-state index in [0.717, 1.165) is 16.2 Å². The van der Waals surface area contributed by atoms with Crippen LogP contribution in [-0.2, 0) is 24.0 Å². The van der Waals surface area contributed by atoms with Crippen molar-refractivity contribution < 1.29 is 34.2 Å². The molecule has 2 amide bonds. The van der Waals surface area contributed by atoms with Crippen LogP contribution in [0.2, 0.25) is 0 Å². The zero-order valence-electron chi connectivity index (χ0n) is 20.1. The summed E-state index contributed by atoms with van der Waals surface area (Å²) in [5.41, 5.74) is 17.4. The minimum atomic E-state index is -1.31.